The third-order valence-electron chi connectivity index (χ3n) is 4.20. The molecule has 0 spiro atoms. The van der Waals surface area contributed by atoms with Gasteiger partial charge < -0.3 is 15.2 Å². The lowest BCUT2D eigenvalue weighted by Crippen LogP contribution is -2.52. The van der Waals surface area contributed by atoms with Crippen molar-refractivity contribution in [2.24, 2.45) is 0 Å². The van der Waals surface area contributed by atoms with E-state index < -0.39 is 11.7 Å². The van der Waals surface area contributed by atoms with Gasteiger partial charge in [-0.05, 0) is 29.3 Å². The molecule has 1 fully saturated rings. The molecule has 23 heavy (non-hydrogen) atoms. The average molecular weight is 336 g/mol. The summed E-state index contributed by atoms with van der Waals surface area (Å²) in [5.74, 6) is -0.385. The molecule has 1 aliphatic rings. The quantitative estimate of drug-likeness (QED) is 0.902. The van der Waals surface area contributed by atoms with Gasteiger partial charge in [0.25, 0.3) is 0 Å². The fourth-order valence-corrected chi connectivity index (χ4v) is 3.17. The SMILES string of the molecule is OC(Cc1ccccc1Cl)(c1cccc(F)c1)[C@@H]1CNCCO1. The predicted molar refractivity (Wildman–Crippen MR) is 88.1 cm³/mol. The van der Waals surface area contributed by atoms with Gasteiger partial charge in [-0.15, -0.1) is 0 Å². The molecular formula is C18H19ClFNO2. The lowest BCUT2D eigenvalue weighted by atomic mass is 9.82. The second-order valence-corrected chi connectivity index (χ2v) is 6.17. The van der Waals surface area contributed by atoms with Gasteiger partial charge in [-0.1, -0.05) is 41.9 Å². The molecule has 3 rings (SSSR count). The van der Waals surface area contributed by atoms with Gasteiger partial charge in [0.15, 0.2) is 0 Å². The molecule has 1 saturated heterocycles. The van der Waals surface area contributed by atoms with Crippen molar-refractivity contribution in [3.05, 3.63) is 70.5 Å². The van der Waals surface area contributed by atoms with Crippen LogP contribution in [0.2, 0.25) is 5.02 Å². The van der Waals surface area contributed by atoms with Crippen molar-refractivity contribution < 1.29 is 14.2 Å². The molecule has 0 radical (unpaired) electrons. The fraction of sp³-hybridized carbons (Fsp3) is 0.333. The minimum absolute atomic E-state index is 0.252. The number of benzene rings is 2. The number of halogens is 2. The maximum absolute atomic E-state index is 13.7. The van der Waals surface area contributed by atoms with Crippen LogP contribution >= 0.6 is 11.6 Å². The van der Waals surface area contributed by atoms with Crippen LogP contribution in [-0.4, -0.2) is 30.9 Å². The predicted octanol–water partition coefficient (Wildman–Crippen LogP) is 2.90. The highest BCUT2D eigenvalue weighted by atomic mass is 35.5. The van der Waals surface area contributed by atoms with Crippen molar-refractivity contribution in [1.82, 2.24) is 5.32 Å². The van der Waals surface area contributed by atoms with E-state index in [0.717, 1.165) is 12.1 Å². The van der Waals surface area contributed by atoms with E-state index in [1.54, 1.807) is 18.2 Å². The molecule has 0 saturated carbocycles. The Hall–Kier alpha value is -1.46. The number of hydrogen-bond donors (Lipinski definition) is 2. The molecule has 1 unspecified atom stereocenters. The summed E-state index contributed by atoms with van der Waals surface area (Å²) in [6.07, 6.45) is -0.225. The third-order valence-corrected chi connectivity index (χ3v) is 4.57. The Labute approximate surface area is 140 Å². The zero-order valence-electron chi connectivity index (χ0n) is 12.6. The van der Waals surface area contributed by atoms with Crippen LogP contribution < -0.4 is 5.32 Å². The van der Waals surface area contributed by atoms with Gasteiger partial charge in [-0.2, -0.15) is 0 Å². The van der Waals surface area contributed by atoms with E-state index in [9.17, 15) is 9.50 Å². The molecule has 3 nitrogen and oxygen atoms in total. The maximum Gasteiger partial charge on any atom is 0.123 e. The molecule has 5 heteroatoms. The van der Waals surface area contributed by atoms with Gasteiger partial charge >= 0.3 is 0 Å². The van der Waals surface area contributed by atoms with Gasteiger partial charge in [0.1, 0.15) is 17.5 Å². The van der Waals surface area contributed by atoms with Gasteiger partial charge in [-0.3, -0.25) is 0 Å². The largest absolute Gasteiger partial charge is 0.382 e. The summed E-state index contributed by atoms with van der Waals surface area (Å²) in [4.78, 5) is 0. The molecule has 122 valence electrons. The van der Waals surface area contributed by atoms with E-state index in [4.69, 9.17) is 16.3 Å². The summed E-state index contributed by atoms with van der Waals surface area (Å²) in [6.45, 7) is 1.74. The fourth-order valence-electron chi connectivity index (χ4n) is 2.96. The maximum atomic E-state index is 13.7. The number of aliphatic hydroxyl groups is 1. The van der Waals surface area contributed by atoms with Crippen molar-refractivity contribution in [1.29, 1.82) is 0 Å². The van der Waals surface area contributed by atoms with E-state index in [0.29, 0.717) is 23.7 Å². The van der Waals surface area contributed by atoms with Crippen molar-refractivity contribution in [3.8, 4) is 0 Å². The van der Waals surface area contributed by atoms with Crippen molar-refractivity contribution in [2.45, 2.75) is 18.1 Å². The van der Waals surface area contributed by atoms with Crippen LogP contribution in [0.25, 0.3) is 0 Å². The second-order valence-electron chi connectivity index (χ2n) is 5.77. The standard InChI is InChI=1S/C18H19ClFNO2/c19-16-7-2-1-4-13(16)11-18(22,17-12-21-8-9-23-17)14-5-3-6-15(20)10-14/h1-7,10,17,21-22H,8-9,11-12H2/t17-,18?/m0/s1. The monoisotopic (exact) mass is 335 g/mol. The molecule has 2 N–H and O–H groups in total. The molecule has 2 aromatic rings. The highest BCUT2D eigenvalue weighted by Crippen LogP contribution is 2.34. The minimum atomic E-state index is -1.36. The van der Waals surface area contributed by atoms with Crippen LogP contribution in [0, 0.1) is 5.82 Å². The Bertz CT molecular complexity index is 676. The number of morpholine rings is 1. The zero-order valence-corrected chi connectivity index (χ0v) is 13.4. The molecule has 2 aromatic carbocycles. The van der Waals surface area contributed by atoms with Gasteiger partial charge in [-0.25, -0.2) is 4.39 Å². The molecule has 0 amide bonds. The molecule has 1 aliphatic heterocycles. The summed E-state index contributed by atoms with van der Waals surface area (Å²) in [7, 11) is 0. The number of hydrogen-bond acceptors (Lipinski definition) is 3. The average Bonchev–Trinajstić information content (AvgIpc) is 2.58. The molecule has 2 atom stereocenters. The number of ether oxygens (including phenoxy) is 1. The highest BCUT2D eigenvalue weighted by Gasteiger charge is 2.41. The van der Waals surface area contributed by atoms with E-state index in [1.807, 2.05) is 18.2 Å². The smallest absolute Gasteiger partial charge is 0.123 e. The number of nitrogens with one attached hydrogen (secondary N) is 1. The molecule has 0 bridgehead atoms. The van der Waals surface area contributed by atoms with Crippen molar-refractivity contribution >= 4 is 11.6 Å². The molecular weight excluding hydrogens is 317 g/mol. The Kier molecular flexibility index (Phi) is 4.97. The molecule has 1 heterocycles. The van der Waals surface area contributed by atoms with Crippen LogP contribution in [-0.2, 0) is 16.8 Å². The Balaban J connectivity index is 2.00. The van der Waals surface area contributed by atoms with E-state index in [2.05, 4.69) is 5.32 Å². The zero-order chi connectivity index (χ0) is 16.3. The van der Waals surface area contributed by atoms with Crippen LogP contribution in [0.4, 0.5) is 4.39 Å². The van der Waals surface area contributed by atoms with E-state index >= 15 is 0 Å². The van der Waals surface area contributed by atoms with E-state index in [-0.39, 0.29) is 12.2 Å². The third kappa shape index (κ3) is 3.56. The topological polar surface area (TPSA) is 41.5 Å². The lowest BCUT2D eigenvalue weighted by molar-refractivity contribution is -0.124. The van der Waals surface area contributed by atoms with Crippen molar-refractivity contribution in [2.75, 3.05) is 19.7 Å². The summed E-state index contributed by atoms with van der Waals surface area (Å²) < 4.78 is 19.5. The van der Waals surface area contributed by atoms with E-state index in [1.165, 1.54) is 12.1 Å². The summed E-state index contributed by atoms with van der Waals surface area (Å²) >= 11 is 6.25. The van der Waals surface area contributed by atoms with Crippen LogP contribution in [0.1, 0.15) is 11.1 Å². The van der Waals surface area contributed by atoms with Crippen LogP contribution in [0.3, 0.4) is 0 Å². The number of rotatable bonds is 4. The first kappa shape index (κ1) is 16.4. The first-order valence-electron chi connectivity index (χ1n) is 7.64. The normalized spacial score (nSPS) is 20.9. The Morgan fingerprint density at radius 1 is 1.26 bits per heavy atom. The molecule has 0 aliphatic carbocycles. The Morgan fingerprint density at radius 3 is 2.78 bits per heavy atom. The summed E-state index contributed by atoms with van der Waals surface area (Å²) in [6, 6.07) is 13.4. The lowest BCUT2D eigenvalue weighted by Gasteiger charge is -2.39. The Morgan fingerprint density at radius 2 is 2.09 bits per heavy atom. The van der Waals surface area contributed by atoms with Gasteiger partial charge in [0, 0.05) is 24.5 Å². The second kappa shape index (κ2) is 6.97. The van der Waals surface area contributed by atoms with Gasteiger partial charge in [0.2, 0.25) is 0 Å². The van der Waals surface area contributed by atoms with Crippen LogP contribution in [0.15, 0.2) is 48.5 Å². The van der Waals surface area contributed by atoms with Crippen molar-refractivity contribution in [3.63, 3.8) is 0 Å². The summed E-state index contributed by atoms with van der Waals surface area (Å²) in [5.41, 5.74) is -0.0678. The highest BCUT2D eigenvalue weighted by molar-refractivity contribution is 6.31. The van der Waals surface area contributed by atoms with Gasteiger partial charge in [0.05, 0.1) is 6.61 Å². The summed E-state index contributed by atoms with van der Waals surface area (Å²) in [5, 5.41) is 15.2. The first-order valence-corrected chi connectivity index (χ1v) is 8.01. The first-order chi connectivity index (χ1) is 11.1. The minimum Gasteiger partial charge on any atom is -0.382 e. The van der Waals surface area contributed by atoms with Crippen LogP contribution in [0.5, 0.6) is 0 Å². The molecule has 0 aromatic heterocycles.